The van der Waals surface area contributed by atoms with Gasteiger partial charge in [0.25, 0.3) is 0 Å². The van der Waals surface area contributed by atoms with Crippen molar-refractivity contribution in [2.45, 2.75) is 26.8 Å². The summed E-state index contributed by atoms with van der Waals surface area (Å²) < 4.78 is 11.2. The van der Waals surface area contributed by atoms with Crippen molar-refractivity contribution in [3.63, 3.8) is 0 Å². The van der Waals surface area contributed by atoms with Gasteiger partial charge in [-0.15, -0.1) is 0 Å². The molecule has 1 rings (SSSR count). The second-order valence-electron chi connectivity index (χ2n) is 7.15. The molecule has 0 aromatic heterocycles. The van der Waals surface area contributed by atoms with Crippen molar-refractivity contribution >= 4 is 21.7 Å². The molecule has 0 atom stereocenters. The van der Waals surface area contributed by atoms with Crippen LogP contribution in [0.3, 0.4) is 0 Å². The molecule has 5 nitrogen and oxygen atoms in total. The van der Waals surface area contributed by atoms with E-state index in [2.05, 4.69) is 48.6 Å². The fourth-order valence-corrected chi connectivity index (χ4v) is 2.50. The monoisotopic (exact) mass is 343 g/mol. The predicted octanol–water partition coefficient (Wildman–Crippen LogP) is 2.96. The van der Waals surface area contributed by atoms with Gasteiger partial charge in [0.05, 0.1) is 25.9 Å². The van der Waals surface area contributed by atoms with Crippen molar-refractivity contribution in [2.24, 2.45) is 10.9 Å². The van der Waals surface area contributed by atoms with E-state index in [-0.39, 0.29) is 6.04 Å². The number of allylic oxidation sites excluding steroid dienone is 1. The first-order valence-electron chi connectivity index (χ1n) is 8.09. The van der Waals surface area contributed by atoms with Crippen LogP contribution < -0.4 is 0 Å². The Morgan fingerprint density at radius 3 is 2.48 bits per heavy atom. The van der Waals surface area contributed by atoms with Crippen LogP contribution in [-0.2, 0) is 9.47 Å². The lowest BCUT2D eigenvalue weighted by atomic mass is 10.2. The third kappa shape index (κ3) is 8.53. The molecule has 0 unspecified atom stereocenters. The lowest BCUT2D eigenvalue weighted by Crippen LogP contribution is -2.52. The number of hydrogen-bond donors (Lipinski definition) is 1. The predicted molar refractivity (Wildman–Crippen MR) is 102 cm³/mol. The molecule has 0 spiro atoms. The van der Waals surface area contributed by atoms with E-state index in [9.17, 15) is 0 Å². The van der Waals surface area contributed by atoms with E-state index in [1.54, 1.807) is 6.92 Å². The summed E-state index contributed by atoms with van der Waals surface area (Å²) in [6.07, 6.45) is 11.0. The lowest BCUT2D eigenvalue weighted by Gasteiger charge is -2.38. The molecule has 0 bridgehead atoms. The number of ether oxygens (including phenoxy) is 2. The number of amidine groups is 2. The molecule has 0 aliphatic carbocycles. The maximum absolute atomic E-state index is 7.70. The Kier molecular flexibility index (Phi) is 8.29. The number of nitrogens with zero attached hydrogens (tertiary/aromatic N) is 2. The van der Waals surface area contributed by atoms with Crippen molar-refractivity contribution in [3.8, 4) is 0 Å². The zero-order chi connectivity index (χ0) is 17.5. The summed E-state index contributed by atoms with van der Waals surface area (Å²) in [4.78, 5) is 6.51. The van der Waals surface area contributed by atoms with E-state index in [0.29, 0.717) is 31.7 Å². The smallest absolute Gasteiger partial charge is 0.132 e. The van der Waals surface area contributed by atoms with Crippen LogP contribution in [0.2, 0.25) is 0 Å². The van der Waals surface area contributed by atoms with Crippen molar-refractivity contribution in [3.05, 3.63) is 12.2 Å². The van der Waals surface area contributed by atoms with E-state index in [0.717, 1.165) is 18.2 Å². The van der Waals surface area contributed by atoms with Gasteiger partial charge in [0.15, 0.2) is 0 Å². The molecule has 0 amide bonds. The number of rotatable bonds is 8. The van der Waals surface area contributed by atoms with Gasteiger partial charge >= 0.3 is 0 Å². The molecule has 1 aliphatic heterocycles. The zero-order valence-electron chi connectivity index (χ0n) is 15.5. The molecular weight excluding hydrogens is 310 g/mol. The van der Waals surface area contributed by atoms with E-state index >= 15 is 0 Å². The van der Waals surface area contributed by atoms with Crippen molar-refractivity contribution < 1.29 is 9.47 Å². The molecule has 1 fully saturated rings. The quantitative estimate of drug-likeness (QED) is 0.319. The molecule has 23 heavy (non-hydrogen) atoms. The molecule has 134 valence electrons. The highest BCUT2D eigenvalue weighted by Gasteiger charge is 2.28. The largest absolute Gasteiger partial charge is 0.377 e. The van der Waals surface area contributed by atoms with Crippen LogP contribution in [0.4, 0.5) is 0 Å². The fourth-order valence-electron chi connectivity index (χ4n) is 1.88. The Morgan fingerprint density at radius 2 is 2.04 bits per heavy atom. The maximum atomic E-state index is 7.70. The molecule has 0 aromatic rings. The first-order chi connectivity index (χ1) is 10.7. The number of aliphatic imine (C=N–C) groups is 1. The molecule has 6 heteroatoms. The highest BCUT2D eigenvalue weighted by Crippen LogP contribution is 2.33. The average Bonchev–Trinajstić information content (AvgIpc) is 2.34. The van der Waals surface area contributed by atoms with E-state index in [4.69, 9.17) is 14.9 Å². The van der Waals surface area contributed by atoms with Crippen molar-refractivity contribution in [1.82, 2.24) is 4.90 Å². The molecular formula is C17H33N3O2S. The van der Waals surface area contributed by atoms with Gasteiger partial charge in [0, 0.05) is 5.75 Å². The number of nitrogens with one attached hydrogen (secondary N) is 1. The minimum Gasteiger partial charge on any atom is -0.377 e. The summed E-state index contributed by atoms with van der Waals surface area (Å²) in [6, 6.07) is 0.284. The minimum atomic E-state index is -0.541. The Bertz CT molecular complexity index is 438. The Balaban J connectivity index is 2.74. The summed E-state index contributed by atoms with van der Waals surface area (Å²) >= 11 is 0. The molecule has 0 radical (unpaired) electrons. The van der Waals surface area contributed by atoms with Gasteiger partial charge in [0.2, 0.25) is 0 Å². The van der Waals surface area contributed by atoms with Crippen LogP contribution in [0.1, 0.15) is 20.8 Å². The Hall–Kier alpha value is -0.850. The molecule has 1 heterocycles. The van der Waals surface area contributed by atoms with Gasteiger partial charge in [0.1, 0.15) is 18.4 Å². The molecule has 1 N–H and O–H groups in total. The SMILES string of the molecule is CC(=N)/N=C(\C=C/C(C)C)N(COCCS(C)(C)C)C1COC1. The fraction of sp³-hybridized carbons (Fsp3) is 0.765. The summed E-state index contributed by atoms with van der Waals surface area (Å²) in [6.45, 7) is 8.60. The van der Waals surface area contributed by atoms with Crippen LogP contribution in [0.15, 0.2) is 17.1 Å². The molecule has 0 saturated carbocycles. The second kappa shape index (κ2) is 9.45. The first kappa shape index (κ1) is 20.2. The third-order valence-electron chi connectivity index (χ3n) is 3.34. The average molecular weight is 344 g/mol. The highest BCUT2D eigenvalue weighted by molar-refractivity contribution is 8.32. The van der Waals surface area contributed by atoms with Gasteiger partial charge in [-0.1, -0.05) is 19.9 Å². The van der Waals surface area contributed by atoms with Gasteiger partial charge < -0.3 is 14.4 Å². The molecule has 1 aliphatic rings. The van der Waals surface area contributed by atoms with Gasteiger partial charge in [-0.05, 0) is 37.7 Å². The standard InChI is InChI=1S/C17H33N3O2S/c1-14(2)7-8-17(19-15(3)18)20(16-11-22-12-16)13-21-9-10-23(4,5)6/h7-8,14,16,18H,9-13H2,1-6H3/b8-7-,18-15?,19-17+. The minimum absolute atomic E-state index is 0.284. The summed E-state index contributed by atoms with van der Waals surface area (Å²) in [7, 11) is -0.541. The normalized spacial score (nSPS) is 17.6. The van der Waals surface area contributed by atoms with Crippen LogP contribution in [0, 0.1) is 11.3 Å². The molecule has 0 aromatic carbocycles. The van der Waals surface area contributed by atoms with E-state index in [1.165, 1.54) is 0 Å². The van der Waals surface area contributed by atoms with Gasteiger partial charge in [-0.3, -0.25) is 5.41 Å². The first-order valence-corrected chi connectivity index (χ1v) is 11.1. The van der Waals surface area contributed by atoms with Crippen molar-refractivity contribution in [1.29, 1.82) is 5.41 Å². The summed E-state index contributed by atoms with van der Waals surface area (Å²) in [5.74, 6) is 2.64. The summed E-state index contributed by atoms with van der Waals surface area (Å²) in [5, 5.41) is 7.70. The highest BCUT2D eigenvalue weighted by atomic mass is 32.3. The summed E-state index contributed by atoms with van der Waals surface area (Å²) in [5.41, 5.74) is 0. The van der Waals surface area contributed by atoms with Crippen LogP contribution in [-0.4, -0.2) is 73.7 Å². The van der Waals surface area contributed by atoms with E-state index in [1.807, 2.05) is 6.08 Å². The van der Waals surface area contributed by atoms with Gasteiger partial charge in [-0.25, -0.2) is 15.0 Å². The molecule has 1 saturated heterocycles. The van der Waals surface area contributed by atoms with Gasteiger partial charge in [-0.2, -0.15) is 0 Å². The number of hydrogen-bond acceptors (Lipinski definition) is 3. The van der Waals surface area contributed by atoms with Crippen LogP contribution >= 0.6 is 10.0 Å². The van der Waals surface area contributed by atoms with E-state index < -0.39 is 10.0 Å². The zero-order valence-corrected chi connectivity index (χ0v) is 16.3. The second-order valence-corrected chi connectivity index (χ2v) is 11.7. The Morgan fingerprint density at radius 1 is 1.39 bits per heavy atom. The topological polar surface area (TPSA) is 57.9 Å². The lowest BCUT2D eigenvalue weighted by molar-refractivity contribution is -0.0711. The maximum Gasteiger partial charge on any atom is 0.132 e. The Labute approximate surface area is 143 Å². The van der Waals surface area contributed by atoms with Crippen LogP contribution in [0.25, 0.3) is 0 Å². The van der Waals surface area contributed by atoms with Crippen LogP contribution in [0.5, 0.6) is 0 Å². The van der Waals surface area contributed by atoms with Crippen molar-refractivity contribution in [2.75, 3.05) is 51.1 Å². The third-order valence-corrected chi connectivity index (χ3v) is 4.73.